The molecule has 0 aromatic heterocycles. The minimum absolute atomic E-state index is 0.0656. The molecule has 2 aromatic carbocycles. The standard InChI is InChI=1S/C23H26FNO4/c1-15(2)23(28)25-12-4-6-18-5-3-7-20(22(18)25)29-14-16-8-9-17(19(24)13-16)10-11-21(26)27/h3,5,7-9,13,15H,4,6,10-12,14H2,1-2H3,(H,26,27). The molecular weight excluding hydrogens is 373 g/mol. The van der Waals surface area contributed by atoms with E-state index in [-0.39, 0.29) is 31.3 Å². The number of aryl methyl sites for hydroxylation is 2. The molecule has 1 aliphatic heterocycles. The number of carbonyl (C=O) groups is 2. The first-order valence-corrected chi connectivity index (χ1v) is 9.92. The lowest BCUT2D eigenvalue weighted by molar-refractivity contribution is -0.137. The van der Waals surface area contributed by atoms with Crippen molar-refractivity contribution in [2.45, 2.75) is 46.1 Å². The van der Waals surface area contributed by atoms with Crippen LogP contribution in [-0.4, -0.2) is 23.5 Å². The van der Waals surface area contributed by atoms with Crippen LogP contribution in [0.2, 0.25) is 0 Å². The number of carbonyl (C=O) groups excluding carboxylic acids is 1. The maximum absolute atomic E-state index is 14.3. The summed E-state index contributed by atoms with van der Waals surface area (Å²) < 4.78 is 20.2. The van der Waals surface area contributed by atoms with Gasteiger partial charge in [0.15, 0.2) is 0 Å². The van der Waals surface area contributed by atoms with Gasteiger partial charge >= 0.3 is 5.97 Å². The number of halogens is 1. The van der Waals surface area contributed by atoms with Crippen LogP contribution in [0.15, 0.2) is 36.4 Å². The minimum atomic E-state index is -0.953. The quantitative estimate of drug-likeness (QED) is 0.751. The topological polar surface area (TPSA) is 66.8 Å². The van der Waals surface area contributed by atoms with E-state index in [1.807, 2.05) is 32.0 Å². The van der Waals surface area contributed by atoms with Gasteiger partial charge < -0.3 is 14.7 Å². The first-order valence-electron chi connectivity index (χ1n) is 9.92. The highest BCUT2D eigenvalue weighted by Gasteiger charge is 2.27. The normalized spacial score (nSPS) is 13.3. The molecule has 1 amide bonds. The van der Waals surface area contributed by atoms with Crippen LogP contribution < -0.4 is 9.64 Å². The molecule has 5 nitrogen and oxygen atoms in total. The third-order valence-corrected chi connectivity index (χ3v) is 5.06. The molecular formula is C23H26FNO4. The number of fused-ring (bicyclic) bond motifs is 1. The van der Waals surface area contributed by atoms with Gasteiger partial charge in [-0.1, -0.05) is 38.1 Å². The summed E-state index contributed by atoms with van der Waals surface area (Å²) >= 11 is 0. The zero-order valence-electron chi connectivity index (χ0n) is 16.8. The zero-order chi connectivity index (χ0) is 21.0. The van der Waals surface area contributed by atoms with Crippen LogP contribution in [0.3, 0.4) is 0 Å². The lowest BCUT2D eigenvalue weighted by Gasteiger charge is -2.32. The van der Waals surface area contributed by atoms with Gasteiger partial charge in [-0.15, -0.1) is 0 Å². The number of aliphatic carboxylic acids is 1. The Morgan fingerprint density at radius 3 is 2.72 bits per heavy atom. The first kappa shape index (κ1) is 20.8. The molecule has 2 aromatic rings. The van der Waals surface area contributed by atoms with E-state index in [1.54, 1.807) is 17.0 Å². The van der Waals surface area contributed by atoms with Gasteiger partial charge in [-0.25, -0.2) is 4.39 Å². The van der Waals surface area contributed by atoms with Crippen LogP contribution in [0.4, 0.5) is 10.1 Å². The number of anilines is 1. The van der Waals surface area contributed by atoms with E-state index in [0.717, 1.165) is 24.1 Å². The fourth-order valence-corrected chi connectivity index (χ4v) is 3.55. The second kappa shape index (κ2) is 9.07. The number of benzene rings is 2. The number of ether oxygens (including phenoxy) is 1. The molecule has 1 heterocycles. The summed E-state index contributed by atoms with van der Waals surface area (Å²) in [5.41, 5.74) is 2.92. The molecule has 0 spiro atoms. The van der Waals surface area contributed by atoms with Gasteiger partial charge in [0.2, 0.25) is 5.91 Å². The molecule has 154 valence electrons. The van der Waals surface area contributed by atoms with Crippen molar-refractivity contribution in [3.63, 3.8) is 0 Å². The van der Waals surface area contributed by atoms with Crippen LogP contribution in [0.25, 0.3) is 0 Å². The van der Waals surface area contributed by atoms with Crippen LogP contribution in [0.5, 0.6) is 5.75 Å². The predicted molar refractivity (Wildman–Crippen MR) is 109 cm³/mol. The number of carboxylic acid groups (broad SMARTS) is 1. The maximum atomic E-state index is 14.3. The average molecular weight is 399 g/mol. The summed E-state index contributed by atoms with van der Waals surface area (Å²) in [6, 6.07) is 10.5. The van der Waals surface area contributed by atoms with Gasteiger partial charge in [0.1, 0.15) is 18.2 Å². The number of hydrogen-bond donors (Lipinski definition) is 1. The van der Waals surface area contributed by atoms with E-state index in [0.29, 0.717) is 23.4 Å². The van der Waals surface area contributed by atoms with E-state index in [9.17, 15) is 14.0 Å². The Morgan fingerprint density at radius 1 is 1.24 bits per heavy atom. The summed E-state index contributed by atoms with van der Waals surface area (Å²) in [6.45, 7) is 4.59. The van der Waals surface area contributed by atoms with Gasteiger partial charge in [-0.05, 0) is 48.1 Å². The third-order valence-electron chi connectivity index (χ3n) is 5.06. The van der Waals surface area contributed by atoms with Crippen molar-refractivity contribution in [3.05, 3.63) is 58.9 Å². The van der Waals surface area contributed by atoms with Crippen LogP contribution >= 0.6 is 0 Å². The molecule has 0 unspecified atom stereocenters. The fraction of sp³-hybridized carbons (Fsp3) is 0.391. The highest BCUT2D eigenvalue weighted by molar-refractivity contribution is 5.97. The summed E-state index contributed by atoms with van der Waals surface area (Å²) in [6.07, 6.45) is 1.85. The van der Waals surface area contributed by atoms with E-state index in [1.165, 1.54) is 6.07 Å². The Kier molecular flexibility index (Phi) is 6.52. The number of hydrogen-bond acceptors (Lipinski definition) is 3. The molecule has 0 radical (unpaired) electrons. The molecule has 1 N–H and O–H groups in total. The van der Waals surface area contributed by atoms with Crippen LogP contribution in [0.1, 0.15) is 43.4 Å². The second-order valence-electron chi connectivity index (χ2n) is 7.62. The van der Waals surface area contributed by atoms with Crippen molar-refractivity contribution < 1.29 is 23.8 Å². The SMILES string of the molecule is CC(C)C(=O)N1CCCc2cccc(OCc3ccc(CCC(=O)O)c(F)c3)c21. The molecule has 1 aliphatic rings. The molecule has 0 saturated carbocycles. The average Bonchev–Trinajstić information content (AvgIpc) is 2.70. The summed E-state index contributed by atoms with van der Waals surface area (Å²) in [5.74, 6) is -0.811. The number of amides is 1. The zero-order valence-corrected chi connectivity index (χ0v) is 16.8. The molecule has 0 saturated heterocycles. The lowest BCUT2D eigenvalue weighted by atomic mass is 9.99. The molecule has 0 aliphatic carbocycles. The smallest absolute Gasteiger partial charge is 0.303 e. The predicted octanol–water partition coefficient (Wildman–Crippen LogP) is 4.36. The van der Waals surface area contributed by atoms with Crippen molar-refractivity contribution in [1.29, 1.82) is 0 Å². The number of carboxylic acids is 1. The molecule has 0 atom stereocenters. The van der Waals surface area contributed by atoms with Gasteiger partial charge in [0.25, 0.3) is 0 Å². The molecule has 29 heavy (non-hydrogen) atoms. The van der Waals surface area contributed by atoms with Gasteiger partial charge in [-0.2, -0.15) is 0 Å². The van der Waals surface area contributed by atoms with E-state index >= 15 is 0 Å². The van der Waals surface area contributed by atoms with Crippen LogP contribution in [0, 0.1) is 11.7 Å². The Labute approximate surface area is 170 Å². The number of nitrogens with zero attached hydrogens (tertiary/aromatic N) is 1. The first-order chi connectivity index (χ1) is 13.9. The van der Waals surface area contributed by atoms with E-state index < -0.39 is 11.8 Å². The second-order valence-corrected chi connectivity index (χ2v) is 7.62. The highest BCUT2D eigenvalue weighted by atomic mass is 19.1. The Bertz CT molecular complexity index is 910. The summed E-state index contributed by atoms with van der Waals surface area (Å²) in [7, 11) is 0. The monoisotopic (exact) mass is 399 g/mol. The van der Waals surface area contributed by atoms with E-state index in [4.69, 9.17) is 9.84 Å². The van der Waals surface area contributed by atoms with Crippen molar-refractivity contribution >= 4 is 17.6 Å². The van der Waals surface area contributed by atoms with Crippen molar-refractivity contribution in [2.24, 2.45) is 5.92 Å². The van der Waals surface area contributed by atoms with Gasteiger partial charge in [0.05, 0.1) is 5.69 Å². The molecule has 0 fully saturated rings. The van der Waals surface area contributed by atoms with Crippen molar-refractivity contribution in [3.8, 4) is 5.75 Å². The summed E-state index contributed by atoms with van der Waals surface area (Å²) in [5, 5.41) is 8.75. The van der Waals surface area contributed by atoms with Gasteiger partial charge in [0, 0.05) is 18.9 Å². The Balaban J connectivity index is 1.77. The largest absolute Gasteiger partial charge is 0.487 e. The number of para-hydroxylation sites is 1. The maximum Gasteiger partial charge on any atom is 0.303 e. The van der Waals surface area contributed by atoms with E-state index in [2.05, 4.69) is 0 Å². The minimum Gasteiger partial charge on any atom is -0.487 e. The molecule has 3 rings (SSSR count). The highest BCUT2D eigenvalue weighted by Crippen LogP contribution is 2.37. The summed E-state index contributed by atoms with van der Waals surface area (Å²) in [4.78, 5) is 25.1. The molecule has 6 heteroatoms. The van der Waals surface area contributed by atoms with Crippen LogP contribution in [-0.2, 0) is 29.0 Å². The van der Waals surface area contributed by atoms with Crippen molar-refractivity contribution in [2.75, 3.05) is 11.4 Å². The Morgan fingerprint density at radius 2 is 2.03 bits per heavy atom. The Hall–Kier alpha value is -2.89. The van der Waals surface area contributed by atoms with Crippen molar-refractivity contribution in [1.82, 2.24) is 0 Å². The molecule has 0 bridgehead atoms. The third kappa shape index (κ3) is 4.94. The lowest BCUT2D eigenvalue weighted by Crippen LogP contribution is -2.38. The fourth-order valence-electron chi connectivity index (χ4n) is 3.55. The number of rotatable bonds is 7. The van der Waals surface area contributed by atoms with Gasteiger partial charge in [-0.3, -0.25) is 9.59 Å².